The minimum Gasteiger partial charge on any atom is -0.465 e. The van der Waals surface area contributed by atoms with Gasteiger partial charge in [-0.15, -0.1) is 0 Å². The number of carbonyl (C=O) groups excluding carboxylic acids is 3. The maximum atomic E-state index is 14.5. The number of benzene rings is 3. The number of aromatic nitrogens is 2. The topological polar surface area (TPSA) is 105 Å². The Hall–Kier alpha value is -4.76. The van der Waals surface area contributed by atoms with Crippen molar-refractivity contribution in [3.8, 4) is 11.4 Å². The van der Waals surface area contributed by atoms with E-state index >= 15 is 0 Å². The highest BCUT2D eigenvalue weighted by Crippen LogP contribution is 2.31. The Labute approximate surface area is 276 Å². The maximum Gasteiger partial charge on any atom is 0.337 e. The summed E-state index contributed by atoms with van der Waals surface area (Å²) < 4.78 is 6.91. The van der Waals surface area contributed by atoms with Crippen molar-refractivity contribution in [3.63, 3.8) is 0 Å². The summed E-state index contributed by atoms with van der Waals surface area (Å²) in [5.41, 5.74) is 4.37. The van der Waals surface area contributed by atoms with Gasteiger partial charge in [-0.3, -0.25) is 9.59 Å². The first-order valence-electron chi connectivity index (χ1n) is 16.5. The molecule has 0 radical (unpaired) electrons. The van der Waals surface area contributed by atoms with Crippen LogP contribution in [-0.2, 0) is 24.2 Å². The second-order valence-corrected chi connectivity index (χ2v) is 12.1. The number of unbranched alkanes of at least 4 members (excludes halogenated alkanes) is 2. The first-order valence-corrected chi connectivity index (χ1v) is 16.5. The minimum atomic E-state index is -0.570. The molecular formula is C38H44N4O5. The molecule has 9 nitrogen and oxygen atoms in total. The third kappa shape index (κ3) is 7.63. The molecule has 246 valence electrons. The van der Waals surface area contributed by atoms with Crippen molar-refractivity contribution >= 4 is 17.8 Å². The average Bonchev–Trinajstić information content (AvgIpc) is 3.53. The summed E-state index contributed by atoms with van der Waals surface area (Å²) in [6.45, 7) is 6.03. The number of hydrogen-bond donors (Lipinski definition) is 1. The zero-order valence-corrected chi connectivity index (χ0v) is 27.5. The number of aliphatic hydroxyl groups is 1. The fourth-order valence-corrected chi connectivity index (χ4v) is 6.11. The number of amides is 2. The smallest absolute Gasteiger partial charge is 0.337 e. The summed E-state index contributed by atoms with van der Waals surface area (Å²) in [5, 5.41) is 10.4. The Bertz CT molecular complexity index is 1690. The molecule has 1 aromatic heterocycles. The van der Waals surface area contributed by atoms with Gasteiger partial charge in [0.25, 0.3) is 11.8 Å². The van der Waals surface area contributed by atoms with Crippen molar-refractivity contribution in [1.82, 2.24) is 19.4 Å². The lowest BCUT2D eigenvalue weighted by Crippen LogP contribution is -2.46. The Morgan fingerprint density at radius 3 is 2.28 bits per heavy atom. The fraction of sp³-hybridized carbons (Fsp3) is 0.368. The summed E-state index contributed by atoms with van der Waals surface area (Å²) in [7, 11) is 1.30. The van der Waals surface area contributed by atoms with Crippen LogP contribution in [0.25, 0.3) is 11.4 Å². The molecule has 0 saturated heterocycles. The van der Waals surface area contributed by atoms with Crippen LogP contribution in [0.1, 0.15) is 87.4 Å². The van der Waals surface area contributed by atoms with Crippen LogP contribution in [0.4, 0.5) is 0 Å². The van der Waals surface area contributed by atoms with Gasteiger partial charge in [0.15, 0.2) is 0 Å². The molecule has 2 heterocycles. The van der Waals surface area contributed by atoms with E-state index in [1.807, 2.05) is 64.1 Å². The Morgan fingerprint density at radius 1 is 0.936 bits per heavy atom. The molecule has 0 bridgehead atoms. The predicted octanol–water partition coefficient (Wildman–Crippen LogP) is 5.99. The van der Waals surface area contributed by atoms with E-state index in [0.29, 0.717) is 49.7 Å². The van der Waals surface area contributed by atoms with Gasteiger partial charge in [0.1, 0.15) is 11.5 Å². The predicted molar refractivity (Wildman–Crippen MR) is 181 cm³/mol. The minimum absolute atomic E-state index is 0.146. The highest BCUT2D eigenvalue weighted by molar-refractivity contribution is 6.03. The number of aliphatic hydroxyl groups excluding tert-OH is 1. The molecule has 1 aliphatic heterocycles. The van der Waals surface area contributed by atoms with Crippen LogP contribution in [-0.4, -0.2) is 75.1 Å². The Balaban J connectivity index is 1.63. The van der Waals surface area contributed by atoms with Crippen LogP contribution >= 0.6 is 0 Å². The molecule has 47 heavy (non-hydrogen) atoms. The van der Waals surface area contributed by atoms with Gasteiger partial charge in [-0.05, 0) is 54.2 Å². The number of rotatable bonds is 13. The van der Waals surface area contributed by atoms with Crippen molar-refractivity contribution in [2.75, 3.05) is 26.8 Å². The highest BCUT2D eigenvalue weighted by atomic mass is 16.5. The van der Waals surface area contributed by atoms with E-state index in [9.17, 15) is 19.5 Å². The summed E-state index contributed by atoms with van der Waals surface area (Å²) in [4.78, 5) is 49.6. The normalized spacial score (nSPS) is 14.0. The van der Waals surface area contributed by atoms with Crippen molar-refractivity contribution in [1.29, 1.82) is 0 Å². The number of ether oxygens (including phenoxy) is 1. The summed E-state index contributed by atoms with van der Waals surface area (Å²) in [5.74, 6) is -0.610. The molecule has 1 unspecified atom stereocenters. The maximum absolute atomic E-state index is 14.5. The highest BCUT2D eigenvalue weighted by Gasteiger charge is 2.33. The largest absolute Gasteiger partial charge is 0.465 e. The lowest BCUT2D eigenvalue weighted by molar-refractivity contribution is 0.0544. The SMILES string of the molecule is CCCCN(CCCC)C(=O)c1cn(Cc2ccccc2)c(-c2ccc(C(=O)OC)cc2C(=O)N2Cc3ccccc3CC2CO)n1. The molecule has 1 N–H and O–H groups in total. The first kappa shape index (κ1) is 33.6. The van der Waals surface area contributed by atoms with Gasteiger partial charge in [0, 0.05) is 37.9 Å². The first-order chi connectivity index (χ1) is 22.9. The van der Waals surface area contributed by atoms with Gasteiger partial charge in [-0.2, -0.15) is 0 Å². The van der Waals surface area contributed by atoms with Crippen LogP contribution in [0.5, 0.6) is 0 Å². The zero-order chi connectivity index (χ0) is 33.3. The number of methoxy groups -OCH3 is 1. The molecule has 0 fully saturated rings. The van der Waals surface area contributed by atoms with Crippen LogP contribution in [0.2, 0.25) is 0 Å². The van der Waals surface area contributed by atoms with Crippen molar-refractivity contribution in [2.45, 2.75) is 65.1 Å². The number of hydrogen-bond acceptors (Lipinski definition) is 6. The molecule has 1 aliphatic rings. The van der Waals surface area contributed by atoms with Crippen LogP contribution in [0, 0.1) is 0 Å². The van der Waals surface area contributed by atoms with Gasteiger partial charge >= 0.3 is 5.97 Å². The summed E-state index contributed by atoms with van der Waals surface area (Å²) in [6.07, 6.45) is 6.01. The number of nitrogens with zero attached hydrogens (tertiary/aromatic N) is 4. The third-order valence-corrected chi connectivity index (χ3v) is 8.78. The molecule has 0 saturated carbocycles. The molecule has 1 atom stereocenters. The van der Waals surface area contributed by atoms with E-state index in [1.165, 1.54) is 13.2 Å². The van der Waals surface area contributed by atoms with Gasteiger partial charge in [-0.25, -0.2) is 9.78 Å². The van der Waals surface area contributed by atoms with Crippen molar-refractivity contribution in [3.05, 3.63) is 113 Å². The lowest BCUT2D eigenvalue weighted by Gasteiger charge is -2.36. The second kappa shape index (κ2) is 15.7. The average molecular weight is 637 g/mol. The molecule has 9 heteroatoms. The third-order valence-electron chi connectivity index (χ3n) is 8.78. The standard InChI is InChI=1S/C38H44N4O5/c1-4-6-19-40(20-7-5-2)37(45)34-25-41(23-27-13-9-8-10-14-27)35(39-34)32-18-17-29(38(46)47-3)22-33(32)36(44)42-24-30-16-12-11-15-28(30)21-31(42)26-43/h8-18,22,25,31,43H,4-7,19-21,23-24,26H2,1-3H3. The molecule has 2 amide bonds. The molecule has 5 rings (SSSR count). The van der Waals surface area contributed by atoms with E-state index < -0.39 is 12.0 Å². The second-order valence-electron chi connectivity index (χ2n) is 12.1. The van der Waals surface area contributed by atoms with E-state index in [2.05, 4.69) is 13.8 Å². The van der Waals surface area contributed by atoms with E-state index in [0.717, 1.165) is 42.4 Å². The number of fused-ring (bicyclic) bond motifs is 1. The molecular weight excluding hydrogens is 592 g/mol. The van der Waals surface area contributed by atoms with Crippen LogP contribution in [0.15, 0.2) is 79.0 Å². The van der Waals surface area contributed by atoms with Crippen molar-refractivity contribution < 1.29 is 24.2 Å². The van der Waals surface area contributed by atoms with Crippen molar-refractivity contribution in [2.24, 2.45) is 0 Å². The zero-order valence-electron chi connectivity index (χ0n) is 27.5. The fourth-order valence-electron chi connectivity index (χ4n) is 6.11. The lowest BCUT2D eigenvalue weighted by atomic mass is 9.92. The molecule has 0 spiro atoms. The van der Waals surface area contributed by atoms with E-state index in [-0.39, 0.29) is 29.5 Å². The summed E-state index contributed by atoms with van der Waals surface area (Å²) in [6, 6.07) is 22.2. The number of esters is 1. The van der Waals surface area contributed by atoms with Crippen LogP contribution < -0.4 is 0 Å². The van der Waals surface area contributed by atoms with Gasteiger partial charge < -0.3 is 24.2 Å². The number of imidazole rings is 1. The molecule has 3 aromatic carbocycles. The quantitative estimate of drug-likeness (QED) is 0.181. The van der Waals surface area contributed by atoms with E-state index in [4.69, 9.17) is 9.72 Å². The molecule has 0 aliphatic carbocycles. The van der Waals surface area contributed by atoms with Gasteiger partial charge in [0.05, 0.1) is 30.9 Å². The number of carbonyl (C=O) groups is 3. The Kier molecular flexibility index (Phi) is 11.2. The van der Waals surface area contributed by atoms with E-state index in [1.54, 1.807) is 23.2 Å². The van der Waals surface area contributed by atoms with Gasteiger partial charge in [0.2, 0.25) is 0 Å². The molecule has 4 aromatic rings. The van der Waals surface area contributed by atoms with Crippen LogP contribution in [0.3, 0.4) is 0 Å². The summed E-state index contributed by atoms with van der Waals surface area (Å²) >= 11 is 0. The van der Waals surface area contributed by atoms with Gasteiger partial charge in [-0.1, -0.05) is 81.3 Å². The Morgan fingerprint density at radius 2 is 1.62 bits per heavy atom. The monoisotopic (exact) mass is 636 g/mol.